The summed E-state index contributed by atoms with van der Waals surface area (Å²) in [5.41, 5.74) is 1.10. The highest BCUT2D eigenvalue weighted by molar-refractivity contribution is 9.10. The van der Waals surface area contributed by atoms with E-state index in [-0.39, 0.29) is 11.9 Å². The van der Waals surface area contributed by atoms with Gasteiger partial charge in [0.15, 0.2) is 6.20 Å². The Kier molecular flexibility index (Phi) is 5.03. The topological polar surface area (TPSA) is 68.1 Å². The molecule has 0 aliphatic heterocycles. The summed E-state index contributed by atoms with van der Waals surface area (Å²) in [4.78, 5) is 14.3. The fourth-order valence-electron chi connectivity index (χ4n) is 1.85. The van der Waals surface area contributed by atoms with E-state index in [0.29, 0.717) is 20.2 Å². The summed E-state index contributed by atoms with van der Waals surface area (Å²) >= 11 is 15.2. The lowest BCUT2D eigenvalue weighted by Crippen LogP contribution is -2.09. The van der Waals surface area contributed by atoms with Gasteiger partial charge < -0.3 is 15.4 Å². The number of hydrogen-bond acceptors (Lipinski definition) is 4. The quantitative estimate of drug-likeness (QED) is 0.573. The molecule has 110 valence electrons. The van der Waals surface area contributed by atoms with Gasteiger partial charge in [0.05, 0.1) is 10.5 Å². The van der Waals surface area contributed by atoms with Gasteiger partial charge in [-0.15, -0.1) is 0 Å². The van der Waals surface area contributed by atoms with Gasteiger partial charge in [-0.2, -0.15) is 0 Å². The van der Waals surface area contributed by atoms with Crippen LogP contribution < -0.4 is 5.32 Å². The first-order valence-electron chi connectivity index (χ1n) is 5.90. The summed E-state index contributed by atoms with van der Waals surface area (Å²) in [6, 6.07) is 6.48. The predicted molar refractivity (Wildman–Crippen MR) is 87.1 cm³/mol. The molecule has 0 aliphatic carbocycles. The van der Waals surface area contributed by atoms with Crippen molar-refractivity contribution in [1.82, 2.24) is 4.98 Å². The van der Waals surface area contributed by atoms with Crippen LogP contribution in [0.1, 0.15) is 18.5 Å². The Balaban J connectivity index is 2.33. The Labute approximate surface area is 139 Å². The average Bonchev–Trinajstić information content (AvgIpc) is 2.37. The Morgan fingerprint density at radius 1 is 1.38 bits per heavy atom. The molecule has 0 bridgehead atoms. The minimum Gasteiger partial charge on any atom is -0.372 e. The van der Waals surface area contributed by atoms with E-state index < -0.39 is 4.92 Å². The third-order valence-electron chi connectivity index (χ3n) is 2.81. The molecule has 0 radical (unpaired) electrons. The lowest BCUT2D eigenvalue weighted by atomic mass is 10.1. The predicted octanol–water partition coefficient (Wildman–Crippen LogP) is 5.23. The normalized spacial score (nSPS) is 12.0. The van der Waals surface area contributed by atoms with Gasteiger partial charge in [-0.1, -0.05) is 29.3 Å². The fourth-order valence-corrected chi connectivity index (χ4v) is 2.75. The highest BCUT2D eigenvalue weighted by Crippen LogP contribution is 2.32. The van der Waals surface area contributed by atoms with Gasteiger partial charge in [0.2, 0.25) is 0 Å². The lowest BCUT2D eigenvalue weighted by Gasteiger charge is -2.17. The monoisotopic (exact) mass is 389 g/mol. The van der Waals surface area contributed by atoms with Gasteiger partial charge in [0.25, 0.3) is 0 Å². The molecule has 2 aromatic rings. The van der Waals surface area contributed by atoms with Crippen LogP contribution in [0.25, 0.3) is 0 Å². The van der Waals surface area contributed by atoms with Crippen molar-refractivity contribution in [3.63, 3.8) is 0 Å². The van der Waals surface area contributed by atoms with Crippen LogP contribution in [0.2, 0.25) is 10.0 Å². The number of anilines is 1. The number of benzene rings is 1. The maximum atomic E-state index is 11.0. The van der Waals surface area contributed by atoms with Gasteiger partial charge in [0, 0.05) is 10.0 Å². The number of hydrogen-bond donors (Lipinski definition) is 1. The van der Waals surface area contributed by atoms with E-state index in [9.17, 15) is 10.1 Å². The number of rotatable bonds is 4. The number of nitro groups is 1. The highest BCUT2D eigenvalue weighted by Gasteiger charge is 2.19. The smallest absolute Gasteiger partial charge is 0.372 e. The molecule has 0 amide bonds. The summed E-state index contributed by atoms with van der Waals surface area (Å²) in [6.07, 6.45) is 1.38. The first-order chi connectivity index (χ1) is 9.88. The second-order valence-electron chi connectivity index (χ2n) is 4.31. The molecule has 1 heterocycles. The second-order valence-corrected chi connectivity index (χ2v) is 6.07. The minimum absolute atomic E-state index is 0.241. The van der Waals surface area contributed by atoms with Gasteiger partial charge in [-0.25, -0.2) is 0 Å². The zero-order chi connectivity index (χ0) is 15.6. The van der Waals surface area contributed by atoms with Crippen molar-refractivity contribution in [3.8, 4) is 0 Å². The molecule has 8 heteroatoms. The number of pyridine rings is 1. The van der Waals surface area contributed by atoms with Crippen LogP contribution >= 0.6 is 39.1 Å². The molecule has 0 spiro atoms. The van der Waals surface area contributed by atoms with Crippen molar-refractivity contribution in [2.24, 2.45) is 0 Å². The largest absolute Gasteiger partial charge is 0.387 e. The maximum Gasteiger partial charge on any atom is 0.387 e. The first kappa shape index (κ1) is 16.0. The van der Waals surface area contributed by atoms with E-state index >= 15 is 0 Å². The van der Waals surface area contributed by atoms with Gasteiger partial charge in [-0.05, 0) is 56.5 Å². The molecular formula is C13H10BrCl2N3O2. The van der Waals surface area contributed by atoms with E-state index in [1.165, 1.54) is 6.20 Å². The van der Waals surface area contributed by atoms with Crippen molar-refractivity contribution < 1.29 is 4.92 Å². The highest BCUT2D eigenvalue weighted by atomic mass is 79.9. The van der Waals surface area contributed by atoms with Crippen LogP contribution in [-0.2, 0) is 0 Å². The summed E-state index contributed by atoms with van der Waals surface area (Å²) in [5.74, 6) is -0.241. The van der Waals surface area contributed by atoms with E-state index in [0.717, 1.165) is 5.56 Å². The fraction of sp³-hybridized carbons (Fsp3) is 0.154. The van der Waals surface area contributed by atoms with Gasteiger partial charge in [-0.3, -0.25) is 0 Å². The zero-order valence-corrected chi connectivity index (χ0v) is 13.9. The summed E-state index contributed by atoms with van der Waals surface area (Å²) in [7, 11) is 0. The van der Waals surface area contributed by atoms with Crippen molar-refractivity contribution >= 4 is 50.6 Å². The third-order valence-corrected chi connectivity index (χ3v) is 3.80. The van der Waals surface area contributed by atoms with Crippen LogP contribution in [0.4, 0.5) is 11.5 Å². The first-order valence-corrected chi connectivity index (χ1v) is 7.45. The number of nitrogens with zero attached hydrogens (tertiary/aromatic N) is 2. The van der Waals surface area contributed by atoms with Crippen LogP contribution in [-0.4, -0.2) is 9.91 Å². The van der Waals surface area contributed by atoms with Gasteiger partial charge >= 0.3 is 5.82 Å². The van der Waals surface area contributed by atoms with E-state index in [2.05, 4.69) is 26.2 Å². The summed E-state index contributed by atoms with van der Waals surface area (Å²) in [5, 5.41) is 15.1. The molecule has 0 aliphatic rings. The van der Waals surface area contributed by atoms with Crippen molar-refractivity contribution in [2.75, 3.05) is 5.32 Å². The molecule has 0 fully saturated rings. The Morgan fingerprint density at radius 3 is 2.71 bits per heavy atom. The molecule has 1 atom stereocenters. The second kappa shape index (κ2) is 6.60. The lowest BCUT2D eigenvalue weighted by molar-refractivity contribution is -0.388. The number of halogens is 3. The Hall–Kier alpha value is -1.37. The van der Waals surface area contributed by atoms with Crippen LogP contribution in [0.5, 0.6) is 0 Å². The molecule has 5 nitrogen and oxygen atoms in total. The average molecular weight is 391 g/mol. The number of nitrogens with one attached hydrogen (secondary N) is 1. The molecule has 1 aromatic heterocycles. The summed E-state index contributed by atoms with van der Waals surface area (Å²) < 4.78 is 0.644. The van der Waals surface area contributed by atoms with Crippen molar-refractivity contribution in [1.29, 1.82) is 0 Å². The Bertz CT molecular complexity index is 697. The molecule has 1 aromatic carbocycles. The Morgan fingerprint density at radius 2 is 2.10 bits per heavy atom. The van der Waals surface area contributed by atoms with Crippen molar-refractivity contribution in [2.45, 2.75) is 13.0 Å². The number of aromatic nitrogens is 1. The molecule has 0 unspecified atom stereocenters. The molecule has 2 rings (SSSR count). The zero-order valence-electron chi connectivity index (χ0n) is 10.8. The summed E-state index contributed by atoms with van der Waals surface area (Å²) in [6.45, 7) is 1.85. The van der Waals surface area contributed by atoms with Crippen molar-refractivity contribution in [3.05, 3.63) is 60.7 Å². The molecule has 0 saturated carbocycles. The standard InChI is InChI=1S/C13H10BrCl2N3O2/c1-7(10-3-2-9(15)5-11(10)16)18-12-4-8(14)6-17-13(12)19(20)21/h2-7,18H,1H3/t7-/m1/s1. The van der Waals surface area contributed by atoms with Crippen LogP contribution in [0.15, 0.2) is 34.9 Å². The maximum absolute atomic E-state index is 11.0. The minimum atomic E-state index is -0.537. The van der Waals surface area contributed by atoms with E-state index in [1.54, 1.807) is 24.3 Å². The SMILES string of the molecule is C[C@@H](Nc1cc(Br)cnc1[N+](=O)[O-])c1ccc(Cl)cc1Cl. The molecular weight excluding hydrogens is 381 g/mol. The van der Waals surface area contributed by atoms with Gasteiger partial charge in [0.1, 0.15) is 5.69 Å². The van der Waals surface area contributed by atoms with E-state index in [4.69, 9.17) is 23.2 Å². The third kappa shape index (κ3) is 3.84. The molecule has 1 N–H and O–H groups in total. The molecule has 0 saturated heterocycles. The van der Waals surface area contributed by atoms with Crippen LogP contribution in [0.3, 0.4) is 0 Å². The van der Waals surface area contributed by atoms with E-state index in [1.807, 2.05) is 6.92 Å². The molecule has 21 heavy (non-hydrogen) atoms. The van der Waals surface area contributed by atoms with Crippen LogP contribution in [0, 0.1) is 10.1 Å².